The first-order chi connectivity index (χ1) is 26.1. The number of hydrogen-bond acceptors (Lipinski definition) is 10. The third-order valence-corrected chi connectivity index (χ3v) is 17.2. The molecule has 5 aliphatic rings. The van der Waals surface area contributed by atoms with Crippen LogP contribution in [-0.2, 0) is 42.9 Å². The zero-order valence-corrected chi connectivity index (χ0v) is 36.9. The number of ether oxygens (including phenoxy) is 5. The van der Waals surface area contributed by atoms with Crippen molar-refractivity contribution in [1.29, 1.82) is 0 Å². The molecule has 4 saturated carbocycles. The van der Waals surface area contributed by atoms with E-state index in [0.717, 1.165) is 38.5 Å². The minimum atomic E-state index is -0.918. The van der Waals surface area contributed by atoms with Crippen molar-refractivity contribution in [3.63, 3.8) is 0 Å². The number of carbonyl (C=O) groups excluding carboxylic acids is 4. The maximum Gasteiger partial charge on any atom is 0.303 e. The number of rotatable bonds is 14. The van der Waals surface area contributed by atoms with Crippen molar-refractivity contribution in [2.75, 3.05) is 6.61 Å². The summed E-state index contributed by atoms with van der Waals surface area (Å²) in [4.78, 5) is 49.9. The summed E-state index contributed by atoms with van der Waals surface area (Å²) in [7, 11) is 0. The summed E-state index contributed by atoms with van der Waals surface area (Å²) < 4.78 is 32.3. The molecule has 0 spiro atoms. The van der Waals surface area contributed by atoms with Gasteiger partial charge in [-0.25, -0.2) is 0 Å². The van der Waals surface area contributed by atoms with Gasteiger partial charge in [0.05, 0.1) is 11.7 Å². The van der Waals surface area contributed by atoms with Gasteiger partial charge < -0.3 is 28.8 Å². The molecule has 1 aliphatic heterocycles. The van der Waals surface area contributed by atoms with Crippen molar-refractivity contribution in [3.05, 3.63) is 0 Å². The predicted octanol–water partition coefficient (Wildman–Crippen LogP) is 8.77. The van der Waals surface area contributed by atoms with E-state index in [4.69, 9.17) is 23.7 Å². The van der Waals surface area contributed by atoms with Crippen molar-refractivity contribution >= 4 is 23.7 Å². The molecule has 0 aromatic heterocycles. The number of unbranched alkanes of at least 4 members (excludes halogenated alkanes) is 2. The second-order valence-electron chi connectivity index (χ2n) is 20.4. The van der Waals surface area contributed by atoms with E-state index >= 15 is 0 Å². The van der Waals surface area contributed by atoms with E-state index in [1.54, 1.807) is 6.92 Å². The molecule has 320 valence electrons. The minimum Gasteiger partial charge on any atom is -0.462 e. The molecular formula is C46H76O10. The van der Waals surface area contributed by atoms with Crippen LogP contribution >= 0.6 is 0 Å². The van der Waals surface area contributed by atoms with Crippen molar-refractivity contribution in [1.82, 2.24) is 0 Å². The molecule has 15 atom stereocenters. The SMILES string of the molecule is CC[C@H]1O[C@H](O[C@@](C)(CCCCCC(=O)CO)C2CC[C@]3(C)[C@@H]2C(OC(C)=O)CC2[C@@]4(C)CC[C@H](C)C(C)(C)C4CC[C@]23C)[C@H](OC(C)=O)[C@@H](C)[C@@H]1OC(C)=O. The van der Waals surface area contributed by atoms with E-state index in [2.05, 4.69) is 48.5 Å². The van der Waals surface area contributed by atoms with E-state index < -0.39 is 54.7 Å². The van der Waals surface area contributed by atoms with E-state index in [-0.39, 0.29) is 51.4 Å². The molecule has 10 nitrogen and oxygen atoms in total. The Hall–Kier alpha value is -2.04. The van der Waals surface area contributed by atoms with Crippen LogP contribution in [0, 0.1) is 57.2 Å². The summed E-state index contributed by atoms with van der Waals surface area (Å²) in [6.07, 6.45) is 8.13. The van der Waals surface area contributed by atoms with Gasteiger partial charge in [-0.2, -0.15) is 0 Å². The van der Waals surface area contributed by atoms with E-state index in [1.165, 1.54) is 33.1 Å². The minimum absolute atomic E-state index is 0.00907. The normalized spacial score (nSPS) is 42.6. The van der Waals surface area contributed by atoms with Gasteiger partial charge in [-0.1, -0.05) is 68.2 Å². The van der Waals surface area contributed by atoms with Crippen LogP contribution in [0.1, 0.15) is 167 Å². The molecule has 1 heterocycles. The quantitative estimate of drug-likeness (QED) is 0.103. The summed E-state index contributed by atoms with van der Waals surface area (Å²) in [6.45, 7) is 24.9. The first kappa shape index (κ1) is 45.1. The molecule has 4 unspecified atom stereocenters. The zero-order valence-electron chi connectivity index (χ0n) is 36.9. The molecule has 0 aromatic rings. The van der Waals surface area contributed by atoms with E-state index in [1.807, 2.05) is 13.8 Å². The van der Waals surface area contributed by atoms with Gasteiger partial charge in [-0.3, -0.25) is 19.2 Å². The Morgan fingerprint density at radius 1 is 0.786 bits per heavy atom. The van der Waals surface area contributed by atoms with Crippen molar-refractivity contribution in [2.45, 2.75) is 203 Å². The standard InChI is InChI=1S/C46H76O10/c1-13-34-39(53-30(5)49)28(3)40(54-31(6)50)41(55-34)56-46(12,21-16-14-15-17-32(51)26-47)33-19-23-45(11)38(33)35(52-29(4)48)25-37-43(9)22-18-27(2)42(7,8)36(43)20-24-44(37,45)10/h27-28,33-41,47H,13-26H2,1-12H3/t27-,28-,33?,34+,35?,36?,37?,38-,39-,40+,41+,43-,44+,45+,46-/m0/s1. The molecule has 4 aliphatic carbocycles. The molecule has 56 heavy (non-hydrogen) atoms. The van der Waals surface area contributed by atoms with Crippen molar-refractivity contribution < 1.29 is 48.0 Å². The summed E-state index contributed by atoms with van der Waals surface area (Å²) >= 11 is 0. The highest BCUT2D eigenvalue weighted by Gasteiger charge is 2.72. The number of ketones is 1. The van der Waals surface area contributed by atoms with Crippen LogP contribution in [-0.4, -0.2) is 71.7 Å². The lowest BCUT2D eigenvalue weighted by Gasteiger charge is -2.71. The Morgan fingerprint density at radius 2 is 1.41 bits per heavy atom. The second-order valence-corrected chi connectivity index (χ2v) is 20.4. The highest BCUT2D eigenvalue weighted by atomic mass is 16.7. The maximum atomic E-state index is 13.1. The number of hydrogen-bond donors (Lipinski definition) is 1. The molecule has 10 heteroatoms. The molecule has 1 saturated heterocycles. The summed E-state index contributed by atoms with van der Waals surface area (Å²) in [6, 6.07) is 0. The Bertz CT molecular complexity index is 1440. The Labute approximate surface area is 337 Å². The zero-order chi connectivity index (χ0) is 41.6. The van der Waals surface area contributed by atoms with Crippen LogP contribution in [0.15, 0.2) is 0 Å². The first-order valence-corrected chi connectivity index (χ1v) is 22.1. The fourth-order valence-electron chi connectivity index (χ4n) is 13.8. The van der Waals surface area contributed by atoms with Gasteiger partial charge in [0.1, 0.15) is 18.8 Å². The lowest BCUT2D eigenvalue weighted by Crippen LogP contribution is -2.66. The number of aliphatic hydroxyl groups is 1. The van der Waals surface area contributed by atoms with Crippen LogP contribution < -0.4 is 0 Å². The second kappa shape index (κ2) is 16.9. The Balaban J connectivity index is 1.55. The van der Waals surface area contributed by atoms with Gasteiger partial charge in [0, 0.05) is 39.0 Å². The third-order valence-electron chi connectivity index (χ3n) is 17.2. The number of esters is 3. The average Bonchev–Trinajstić information content (AvgIpc) is 3.49. The summed E-state index contributed by atoms with van der Waals surface area (Å²) in [5.74, 6) is -0.0164. The van der Waals surface area contributed by atoms with Gasteiger partial charge in [-0.15, -0.1) is 0 Å². The number of Topliss-reactive ketones (excluding diaryl/α,β-unsaturated/α-hetero) is 1. The van der Waals surface area contributed by atoms with Crippen molar-refractivity contribution in [3.8, 4) is 0 Å². The Kier molecular flexibility index (Phi) is 13.6. The average molecular weight is 789 g/mol. The third kappa shape index (κ3) is 8.11. The molecule has 0 amide bonds. The smallest absolute Gasteiger partial charge is 0.303 e. The summed E-state index contributed by atoms with van der Waals surface area (Å²) in [5.41, 5.74) is -0.532. The molecule has 5 rings (SSSR count). The highest BCUT2D eigenvalue weighted by Crippen LogP contribution is 2.76. The van der Waals surface area contributed by atoms with Crippen LogP contribution in [0.5, 0.6) is 0 Å². The maximum absolute atomic E-state index is 13.1. The Morgan fingerprint density at radius 3 is 2.02 bits per heavy atom. The molecule has 5 fully saturated rings. The van der Waals surface area contributed by atoms with Crippen LogP contribution in [0.3, 0.4) is 0 Å². The molecule has 0 radical (unpaired) electrons. The van der Waals surface area contributed by atoms with E-state index in [0.29, 0.717) is 43.4 Å². The molecule has 0 bridgehead atoms. The topological polar surface area (TPSA) is 135 Å². The van der Waals surface area contributed by atoms with Gasteiger partial charge in [0.15, 0.2) is 18.2 Å². The summed E-state index contributed by atoms with van der Waals surface area (Å²) in [5, 5.41) is 9.32. The lowest BCUT2D eigenvalue weighted by molar-refractivity contribution is -0.327. The lowest BCUT2D eigenvalue weighted by atomic mass is 9.34. The molecular weight excluding hydrogens is 712 g/mol. The van der Waals surface area contributed by atoms with Gasteiger partial charge in [-0.05, 0) is 116 Å². The number of aliphatic hydroxyl groups excluding tert-OH is 1. The van der Waals surface area contributed by atoms with Crippen LogP contribution in [0.4, 0.5) is 0 Å². The van der Waals surface area contributed by atoms with E-state index in [9.17, 15) is 24.3 Å². The fraction of sp³-hybridized carbons (Fsp3) is 0.913. The molecule has 0 aromatic carbocycles. The van der Waals surface area contributed by atoms with Crippen LogP contribution in [0.2, 0.25) is 0 Å². The number of fused-ring (bicyclic) bond motifs is 5. The largest absolute Gasteiger partial charge is 0.462 e. The first-order valence-electron chi connectivity index (χ1n) is 22.1. The van der Waals surface area contributed by atoms with Crippen molar-refractivity contribution in [2.24, 2.45) is 57.2 Å². The fourth-order valence-corrected chi connectivity index (χ4v) is 13.8. The number of carbonyl (C=O) groups is 4. The van der Waals surface area contributed by atoms with Gasteiger partial charge in [0.25, 0.3) is 0 Å². The van der Waals surface area contributed by atoms with Gasteiger partial charge >= 0.3 is 17.9 Å². The molecule has 1 N–H and O–H groups in total. The predicted molar refractivity (Wildman–Crippen MR) is 213 cm³/mol. The van der Waals surface area contributed by atoms with Gasteiger partial charge in [0.2, 0.25) is 0 Å². The highest BCUT2D eigenvalue weighted by molar-refractivity contribution is 5.79. The van der Waals surface area contributed by atoms with Crippen LogP contribution in [0.25, 0.3) is 0 Å². The monoisotopic (exact) mass is 789 g/mol.